The summed E-state index contributed by atoms with van der Waals surface area (Å²) in [4.78, 5) is 27.5. The number of benzene rings is 1. The van der Waals surface area contributed by atoms with Gasteiger partial charge in [0, 0.05) is 6.20 Å². The molecule has 0 aliphatic carbocycles. The van der Waals surface area contributed by atoms with E-state index in [1.54, 1.807) is 18.3 Å². The lowest BCUT2D eigenvalue weighted by molar-refractivity contribution is 0.0691. The molecule has 0 aliphatic rings. The topological polar surface area (TPSA) is 79.3 Å². The molecular formula is C16H16N2O3. The molecule has 5 nitrogen and oxygen atoms in total. The summed E-state index contributed by atoms with van der Waals surface area (Å²) < 4.78 is 0. The van der Waals surface area contributed by atoms with Crippen LogP contribution in [0.25, 0.3) is 0 Å². The monoisotopic (exact) mass is 284 g/mol. The summed E-state index contributed by atoms with van der Waals surface area (Å²) in [5.74, 6) is -1.53. The zero-order valence-corrected chi connectivity index (χ0v) is 11.7. The molecule has 21 heavy (non-hydrogen) atoms. The SMILES string of the molecule is CCc1cccnc1CNC(=O)c1ccccc1C(=O)O. The fraction of sp³-hybridized carbons (Fsp3) is 0.188. The van der Waals surface area contributed by atoms with Gasteiger partial charge in [-0.3, -0.25) is 9.78 Å². The van der Waals surface area contributed by atoms with Crippen LogP contribution in [0.2, 0.25) is 0 Å². The number of rotatable bonds is 5. The molecular weight excluding hydrogens is 268 g/mol. The van der Waals surface area contributed by atoms with Crippen LogP contribution in [-0.2, 0) is 13.0 Å². The minimum atomic E-state index is -1.12. The fourth-order valence-corrected chi connectivity index (χ4v) is 2.08. The van der Waals surface area contributed by atoms with Crippen molar-refractivity contribution in [3.63, 3.8) is 0 Å². The Balaban J connectivity index is 2.14. The van der Waals surface area contributed by atoms with Crippen molar-refractivity contribution in [2.45, 2.75) is 19.9 Å². The van der Waals surface area contributed by atoms with Crippen molar-refractivity contribution in [3.05, 3.63) is 65.0 Å². The second-order valence-corrected chi connectivity index (χ2v) is 4.50. The van der Waals surface area contributed by atoms with Crippen molar-refractivity contribution in [1.29, 1.82) is 0 Å². The van der Waals surface area contributed by atoms with E-state index in [9.17, 15) is 9.59 Å². The van der Waals surface area contributed by atoms with Gasteiger partial charge in [-0.2, -0.15) is 0 Å². The van der Waals surface area contributed by atoms with E-state index >= 15 is 0 Å². The van der Waals surface area contributed by atoms with Gasteiger partial charge in [-0.25, -0.2) is 4.79 Å². The normalized spacial score (nSPS) is 10.1. The average molecular weight is 284 g/mol. The lowest BCUT2D eigenvalue weighted by Crippen LogP contribution is -2.25. The van der Waals surface area contributed by atoms with Crippen LogP contribution in [0, 0.1) is 0 Å². The standard InChI is InChI=1S/C16H16N2O3/c1-2-11-6-5-9-17-14(11)10-18-15(19)12-7-3-4-8-13(12)16(20)21/h3-9H,2,10H2,1H3,(H,18,19)(H,20,21). The highest BCUT2D eigenvalue weighted by Gasteiger charge is 2.15. The predicted molar refractivity (Wildman–Crippen MR) is 78.2 cm³/mol. The fourth-order valence-electron chi connectivity index (χ4n) is 2.08. The summed E-state index contributed by atoms with van der Waals surface area (Å²) in [5, 5.41) is 11.8. The molecule has 0 saturated carbocycles. The van der Waals surface area contributed by atoms with Crippen LogP contribution in [-0.4, -0.2) is 22.0 Å². The Morgan fingerprint density at radius 3 is 2.52 bits per heavy atom. The van der Waals surface area contributed by atoms with E-state index in [0.29, 0.717) is 0 Å². The Morgan fingerprint density at radius 2 is 1.86 bits per heavy atom. The van der Waals surface area contributed by atoms with Crippen molar-refractivity contribution in [2.24, 2.45) is 0 Å². The van der Waals surface area contributed by atoms with Crippen LogP contribution in [0.3, 0.4) is 0 Å². The first-order valence-electron chi connectivity index (χ1n) is 6.66. The number of carboxylic acid groups (broad SMARTS) is 1. The number of aryl methyl sites for hydroxylation is 1. The molecule has 1 heterocycles. The van der Waals surface area contributed by atoms with E-state index in [0.717, 1.165) is 17.7 Å². The van der Waals surface area contributed by atoms with Gasteiger partial charge >= 0.3 is 5.97 Å². The highest BCUT2D eigenvalue weighted by atomic mass is 16.4. The van der Waals surface area contributed by atoms with E-state index in [1.165, 1.54) is 12.1 Å². The maximum Gasteiger partial charge on any atom is 0.336 e. The lowest BCUT2D eigenvalue weighted by atomic mass is 10.1. The van der Waals surface area contributed by atoms with Gasteiger partial charge in [0.1, 0.15) is 0 Å². The molecule has 0 aliphatic heterocycles. The van der Waals surface area contributed by atoms with Crippen LogP contribution in [0.4, 0.5) is 0 Å². The van der Waals surface area contributed by atoms with E-state index in [4.69, 9.17) is 5.11 Å². The molecule has 5 heteroatoms. The molecule has 0 unspecified atom stereocenters. The van der Waals surface area contributed by atoms with Crippen molar-refractivity contribution < 1.29 is 14.7 Å². The number of nitrogens with one attached hydrogen (secondary N) is 1. The second kappa shape index (κ2) is 6.65. The maximum absolute atomic E-state index is 12.1. The molecule has 0 fully saturated rings. The quantitative estimate of drug-likeness (QED) is 0.882. The van der Waals surface area contributed by atoms with Gasteiger partial charge in [0.05, 0.1) is 23.4 Å². The van der Waals surface area contributed by atoms with Crippen LogP contribution in [0.5, 0.6) is 0 Å². The van der Waals surface area contributed by atoms with Crippen LogP contribution < -0.4 is 5.32 Å². The van der Waals surface area contributed by atoms with Gasteiger partial charge in [0.15, 0.2) is 0 Å². The average Bonchev–Trinajstić information content (AvgIpc) is 2.52. The lowest BCUT2D eigenvalue weighted by Gasteiger charge is -2.09. The summed E-state index contributed by atoms with van der Waals surface area (Å²) in [6, 6.07) is 9.95. The van der Waals surface area contributed by atoms with Crippen LogP contribution >= 0.6 is 0 Å². The third-order valence-corrected chi connectivity index (χ3v) is 3.18. The predicted octanol–water partition coefficient (Wildman–Crippen LogP) is 2.27. The van der Waals surface area contributed by atoms with E-state index < -0.39 is 11.9 Å². The summed E-state index contributed by atoms with van der Waals surface area (Å²) in [7, 11) is 0. The van der Waals surface area contributed by atoms with Crippen molar-refractivity contribution in [3.8, 4) is 0 Å². The Morgan fingerprint density at radius 1 is 1.14 bits per heavy atom. The minimum Gasteiger partial charge on any atom is -0.478 e. The van der Waals surface area contributed by atoms with Crippen molar-refractivity contribution in [1.82, 2.24) is 10.3 Å². The first-order valence-corrected chi connectivity index (χ1v) is 6.66. The minimum absolute atomic E-state index is 0.00765. The van der Waals surface area contributed by atoms with Crippen molar-refractivity contribution >= 4 is 11.9 Å². The number of nitrogens with zero attached hydrogens (tertiary/aromatic N) is 1. The number of aromatic nitrogens is 1. The van der Waals surface area contributed by atoms with Gasteiger partial charge in [-0.05, 0) is 30.2 Å². The zero-order chi connectivity index (χ0) is 15.2. The smallest absolute Gasteiger partial charge is 0.336 e. The third-order valence-electron chi connectivity index (χ3n) is 3.18. The molecule has 1 aromatic heterocycles. The van der Waals surface area contributed by atoms with E-state index in [1.807, 2.05) is 19.1 Å². The number of carbonyl (C=O) groups excluding carboxylic acids is 1. The first kappa shape index (κ1) is 14.7. The van der Waals surface area contributed by atoms with Crippen LogP contribution in [0.1, 0.15) is 38.9 Å². The van der Waals surface area contributed by atoms with E-state index in [2.05, 4.69) is 10.3 Å². The number of carboxylic acids is 1. The molecule has 0 radical (unpaired) electrons. The highest BCUT2D eigenvalue weighted by Crippen LogP contribution is 2.10. The number of aromatic carboxylic acids is 1. The summed E-state index contributed by atoms with van der Waals surface area (Å²) >= 11 is 0. The van der Waals surface area contributed by atoms with Gasteiger partial charge in [0.2, 0.25) is 0 Å². The van der Waals surface area contributed by atoms with Gasteiger partial charge in [0.25, 0.3) is 5.91 Å². The maximum atomic E-state index is 12.1. The zero-order valence-electron chi connectivity index (χ0n) is 11.7. The van der Waals surface area contributed by atoms with Gasteiger partial charge in [-0.1, -0.05) is 25.1 Å². The highest BCUT2D eigenvalue weighted by molar-refractivity contribution is 6.04. The number of carbonyl (C=O) groups is 2. The molecule has 2 rings (SSSR count). The van der Waals surface area contributed by atoms with E-state index in [-0.39, 0.29) is 17.7 Å². The Labute approximate surface area is 122 Å². The molecule has 2 aromatic rings. The first-order chi connectivity index (χ1) is 10.1. The Kier molecular flexibility index (Phi) is 4.66. The second-order valence-electron chi connectivity index (χ2n) is 4.50. The van der Waals surface area contributed by atoms with Crippen LogP contribution in [0.15, 0.2) is 42.6 Å². The summed E-state index contributed by atoms with van der Waals surface area (Å²) in [6.07, 6.45) is 2.50. The molecule has 108 valence electrons. The summed E-state index contributed by atoms with van der Waals surface area (Å²) in [5.41, 5.74) is 2.00. The number of amides is 1. The Hall–Kier alpha value is -2.69. The molecule has 1 aromatic carbocycles. The number of hydrogen-bond donors (Lipinski definition) is 2. The molecule has 0 atom stereocenters. The number of pyridine rings is 1. The number of hydrogen-bond acceptors (Lipinski definition) is 3. The molecule has 1 amide bonds. The molecule has 0 spiro atoms. The summed E-state index contributed by atoms with van der Waals surface area (Å²) in [6.45, 7) is 2.29. The van der Waals surface area contributed by atoms with Gasteiger partial charge in [-0.15, -0.1) is 0 Å². The third kappa shape index (κ3) is 3.45. The molecule has 0 bridgehead atoms. The Bertz CT molecular complexity index is 668. The van der Waals surface area contributed by atoms with Gasteiger partial charge < -0.3 is 10.4 Å². The van der Waals surface area contributed by atoms with Crippen molar-refractivity contribution in [2.75, 3.05) is 0 Å². The largest absolute Gasteiger partial charge is 0.478 e. The molecule has 0 saturated heterocycles. The molecule has 2 N–H and O–H groups in total.